The zero-order valence-corrected chi connectivity index (χ0v) is 12.0. The van der Waals surface area contributed by atoms with Crippen molar-refractivity contribution in [3.05, 3.63) is 45.6 Å². The number of benzene rings is 1. The van der Waals surface area contributed by atoms with Gasteiger partial charge in [-0.2, -0.15) is 0 Å². The van der Waals surface area contributed by atoms with E-state index in [-0.39, 0.29) is 16.9 Å². The van der Waals surface area contributed by atoms with E-state index in [4.69, 9.17) is 0 Å². The van der Waals surface area contributed by atoms with E-state index in [1.54, 1.807) is 19.2 Å². The molecule has 0 spiro atoms. The summed E-state index contributed by atoms with van der Waals surface area (Å²) in [5, 5.41) is 20.6. The lowest BCUT2D eigenvalue weighted by Crippen LogP contribution is -2.08. The van der Waals surface area contributed by atoms with E-state index in [0.29, 0.717) is 16.4 Å². The SMILES string of the molecule is CSc1nc(C)c(C(=O)O)c(-c2cccc([N+](=O)[O-])c2)n1. The number of carboxylic acid groups (broad SMARTS) is 1. The molecule has 0 amide bonds. The van der Waals surface area contributed by atoms with Crippen molar-refractivity contribution in [3.8, 4) is 11.3 Å². The van der Waals surface area contributed by atoms with Crippen LogP contribution in [0.4, 0.5) is 5.69 Å². The summed E-state index contributed by atoms with van der Waals surface area (Å²) >= 11 is 1.27. The van der Waals surface area contributed by atoms with E-state index >= 15 is 0 Å². The minimum absolute atomic E-state index is 0.0479. The summed E-state index contributed by atoms with van der Waals surface area (Å²) in [5.74, 6) is -1.17. The maximum atomic E-state index is 11.4. The Morgan fingerprint density at radius 3 is 2.67 bits per heavy atom. The van der Waals surface area contributed by atoms with Gasteiger partial charge >= 0.3 is 5.97 Å². The molecule has 0 bridgehead atoms. The monoisotopic (exact) mass is 305 g/mol. The highest BCUT2D eigenvalue weighted by Crippen LogP contribution is 2.28. The molecule has 0 saturated carbocycles. The molecule has 0 radical (unpaired) electrons. The van der Waals surface area contributed by atoms with Gasteiger partial charge in [-0.1, -0.05) is 23.9 Å². The third kappa shape index (κ3) is 3.00. The van der Waals surface area contributed by atoms with Gasteiger partial charge in [0.05, 0.1) is 16.3 Å². The maximum absolute atomic E-state index is 11.4. The van der Waals surface area contributed by atoms with Crippen LogP contribution in [-0.2, 0) is 0 Å². The summed E-state index contributed by atoms with van der Waals surface area (Å²) in [4.78, 5) is 30.0. The van der Waals surface area contributed by atoms with Crippen LogP contribution in [0.15, 0.2) is 29.4 Å². The summed E-state index contributed by atoms with van der Waals surface area (Å²) < 4.78 is 0. The number of aromatic carboxylic acids is 1. The van der Waals surface area contributed by atoms with E-state index < -0.39 is 10.9 Å². The van der Waals surface area contributed by atoms with Crippen molar-refractivity contribution in [1.29, 1.82) is 0 Å². The molecule has 108 valence electrons. The molecular formula is C13H11N3O4S. The molecule has 0 aliphatic carbocycles. The van der Waals surface area contributed by atoms with Crippen molar-refractivity contribution in [3.63, 3.8) is 0 Å². The lowest BCUT2D eigenvalue weighted by molar-refractivity contribution is -0.384. The predicted molar refractivity (Wildman–Crippen MR) is 77.6 cm³/mol. The van der Waals surface area contributed by atoms with Crippen LogP contribution in [0.5, 0.6) is 0 Å². The van der Waals surface area contributed by atoms with E-state index in [1.165, 1.54) is 30.0 Å². The Bertz CT molecular complexity index is 733. The largest absolute Gasteiger partial charge is 0.478 e. The van der Waals surface area contributed by atoms with E-state index in [0.717, 1.165) is 0 Å². The number of nitro groups is 1. The molecule has 21 heavy (non-hydrogen) atoms. The first-order valence-electron chi connectivity index (χ1n) is 5.84. The smallest absolute Gasteiger partial charge is 0.339 e. The standard InChI is InChI=1S/C13H11N3O4S/c1-7-10(12(17)18)11(15-13(14-7)21-2)8-4-3-5-9(6-8)16(19)20/h3-6H,1-2H3,(H,17,18). The van der Waals surface area contributed by atoms with Crippen LogP contribution in [0.3, 0.4) is 0 Å². The first kappa shape index (κ1) is 14.9. The second-order valence-corrected chi connectivity index (χ2v) is 4.91. The number of thioether (sulfide) groups is 1. The number of non-ortho nitro benzene ring substituents is 1. The number of carboxylic acids is 1. The fourth-order valence-electron chi connectivity index (χ4n) is 1.87. The second kappa shape index (κ2) is 5.88. The molecule has 1 N–H and O–H groups in total. The molecule has 1 heterocycles. The highest BCUT2D eigenvalue weighted by molar-refractivity contribution is 7.98. The third-order valence-electron chi connectivity index (χ3n) is 2.80. The molecule has 0 aliphatic heterocycles. The molecule has 2 rings (SSSR count). The van der Waals surface area contributed by atoms with Gasteiger partial charge in [-0.15, -0.1) is 0 Å². The number of aromatic nitrogens is 2. The van der Waals surface area contributed by atoms with Crippen LogP contribution in [-0.4, -0.2) is 32.2 Å². The van der Waals surface area contributed by atoms with Crippen molar-refractivity contribution < 1.29 is 14.8 Å². The lowest BCUT2D eigenvalue weighted by Gasteiger charge is -2.09. The van der Waals surface area contributed by atoms with Crippen LogP contribution in [0, 0.1) is 17.0 Å². The van der Waals surface area contributed by atoms with Gasteiger partial charge in [0.15, 0.2) is 5.16 Å². The van der Waals surface area contributed by atoms with Crippen LogP contribution in [0.2, 0.25) is 0 Å². The van der Waals surface area contributed by atoms with Gasteiger partial charge in [0.2, 0.25) is 0 Å². The first-order chi connectivity index (χ1) is 9.93. The topological polar surface area (TPSA) is 106 Å². The van der Waals surface area contributed by atoms with E-state index in [2.05, 4.69) is 9.97 Å². The Kier molecular flexibility index (Phi) is 4.18. The third-order valence-corrected chi connectivity index (χ3v) is 3.34. The molecule has 7 nitrogen and oxygen atoms in total. The zero-order chi connectivity index (χ0) is 15.6. The molecule has 0 atom stereocenters. The van der Waals surface area contributed by atoms with Crippen molar-refractivity contribution in [2.75, 3.05) is 6.26 Å². The summed E-state index contributed by atoms with van der Waals surface area (Å²) in [6.07, 6.45) is 1.77. The first-order valence-corrected chi connectivity index (χ1v) is 7.07. The van der Waals surface area contributed by atoms with Crippen molar-refractivity contribution in [2.24, 2.45) is 0 Å². The number of carbonyl (C=O) groups is 1. The summed E-state index contributed by atoms with van der Waals surface area (Å²) in [5.41, 5.74) is 0.716. The van der Waals surface area contributed by atoms with Gasteiger partial charge < -0.3 is 5.11 Å². The van der Waals surface area contributed by atoms with Gasteiger partial charge in [0.25, 0.3) is 5.69 Å². The van der Waals surface area contributed by atoms with Gasteiger partial charge in [0.1, 0.15) is 5.56 Å². The van der Waals surface area contributed by atoms with Gasteiger partial charge in [-0.3, -0.25) is 10.1 Å². The quantitative estimate of drug-likeness (QED) is 0.400. The number of hydrogen-bond donors (Lipinski definition) is 1. The van der Waals surface area contributed by atoms with Crippen molar-refractivity contribution in [2.45, 2.75) is 12.1 Å². The Labute approximate surface area is 124 Å². The van der Waals surface area contributed by atoms with E-state index in [9.17, 15) is 20.0 Å². The van der Waals surface area contributed by atoms with E-state index in [1.807, 2.05) is 0 Å². The maximum Gasteiger partial charge on any atom is 0.339 e. The van der Waals surface area contributed by atoms with Crippen molar-refractivity contribution >= 4 is 23.4 Å². The minimum Gasteiger partial charge on any atom is -0.478 e. The Balaban J connectivity index is 2.72. The summed E-state index contributed by atoms with van der Waals surface area (Å²) in [6, 6.07) is 5.73. The Morgan fingerprint density at radius 2 is 2.10 bits per heavy atom. The second-order valence-electron chi connectivity index (χ2n) is 4.13. The fraction of sp³-hybridized carbons (Fsp3) is 0.154. The van der Waals surface area contributed by atoms with Gasteiger partial charge in [0, 0.05) is 17.7 Å². The average Bonchev–Trinajstić information content (AvgIpc) is 2.45. The van der Waals surface area contributed by atoms with Crippen LogP contribution in [0.1, 0.15) is 16.1 Å². The van der Waals surface area contributed by atoms with Crippen LogP contribution >= 0.6 is 11.8 Å². The molecule has 0 fully saturated rings. The molecule has 0 unspecified atom stereocenters. The number of nitro benzene ring substituents is 1. The average molecular weight is 305 g/mol. The Morgan fingerprint density at radius 1 is 1.38 bits per heavy atom. The predicted octanol–water partition coefficient (Wildman–Crippen LogP) is 2.78. The number of nitrogens with zero attached hydrogens (tertiary/aromatic N) is 3. The minimum atomic E-state index is -1.17. The van der Waals surface area contributed by atoms with Gasteiger partial charge in [-0.25, -0.2) is 14.8 Å². The molecule has 8 heteroatoms. The van der Waals surface area contributed by atoms with Crippen molar-refractivity contribution in [1.82, 2.24) is 9.97 Å². The molecule has 1 aromatic heterocycles. The normalized spacial score (nSPS) is 10.4. The Hall–Kier alpha value is -2.48. The molecule has 2 aromatic rings. The molecule has 1 aromatic carbocycles. The van der Waals surface area contributed by atoms with Crippen LogP contribution < -0.4 is 0 Å². The number of aryl methyl sites for hydroxylation is 1. The lowest BCUT2D eigenvalue weighted by atomic mass is 10.0. The summed E-state index contributed by atoms with van der Waals surface area (Å²) in [6.45, 7) is 1.58. The van der Waals surface area contributed by atoms with Crippen LogP contribution in [0.25, 0.3) is 11.3 Å². The number of hydrogen-bond acceptors (Lipinski definition) is 6. The molecule has 0 aliphatic rings. The van der Waals surface area contributed by atoms with Gasteiger partial charge in [-0.05, 0) is 13.2 Å². The summed E-state index contributed by atoms with van der Waals surface area (Å²) in [7, 11) is 0. The zero-order valence-electron chi connectivity index (χ0n) is 11.2. The highest BCUT2D eigenvalue weighted by atomic mass is 32.2. The molecular weight excluding hydrogens is 294 g/mol. The number of rotatable bonds is 4. The highest BCUT2D eigenvalue weighted by Gasteiger charge is 2.20. The fourth-order valence-corrected chi connectivity index (χ4v) is 2.28. The molecule has 0 saturated heterocycles.